The topological polar surface area (TPSA) is 29.5 Å². The summed E-state index contributed by atoms with van der Waals surface area (Å²) in [5, 5.41) is 10.6. The molecule has 0 radical (unpaired) electrons. The summed E-state index contributed by atoms with van der Waals surface area (Å²) in [6.45, 7) is 9.20. The third-order valence-corrected chi connectivity index (χ3v) is 6.58. The van der Waals surface area contributed by atoms with E-state index in [9.17, 15) is 5.11 Å². The molecule has 0 bridgehead atoms. The molecule has 2 heteroatoms. The lowest BCUT2D eigenvalue weighted by atomic mass is 9.45. The van der Waals surface area contributed by atoms with E-state index in [0.29, 0.717) is 17.6 Å². The number of phenols is 1. The molecular weight excluding hydrogens is 260 g/mol. The normalized spacial score (nSPS) is 38.2. The second kappa shape index (κ2) is 3.97. The first-order valence-corrected chi connectivity index (χ1v) is 8.43. The lowest BCUT2D eigenvalue weighted by Gasteiger charge is -2.62. The van der Waals surface area contributed by atoms with Gasteiger partial charge in [-0.2, -0.15) is 0 Å². The number of hydrogen-bond acceptors (Lipinski definition) is 2. The van der Waals surface area contributed by atoms with E-state index in [-0.39, 0.29) is 11.0 Å². The van der Waals surface area contributed by atoms with Crippen molar-refractivity contribution in [3.8, 4) is 11.5 Å². The van der Waals surface area contributed by atoms with E-state index in [4.69, 9.17) is 4.74 Å². The third kappa shape index (κ3) is 1.54. The monoisotopic (exact) mass is 286 g/mol. The molecule has 1 N–H and O–H groups in total. The minimum atomic E-state index is -0.0187. The van der Waals surface area contributed by atoms with Gasteiger partial charge in [-0.05, 0) is 55.2 Å². The number of phenolic OH excluding ortho intramolecular Hbond substituents is 1. The Labute approximate surface area is 127 Å². The van der Waals surface area contributed by atoms with Crippen molar-refractivity contribution in [1.82, 2.24) is 0 Å². The predicted octanol–water partition coefficient (Wildman–Crippen LogP) is 4.65. The van der Waals surface area contributed by atoms with Crippen LogP contribution in [0.1, 0.15) is 64.0 Å². The maximum Gasteiger partial charge on any atom is 0.127 e. The highest BCUT2D eigenvalue weighted by atomic mass is 16.5. The molecule has 2 nitrogen and oxygen atoms in total. The molecule has 2 aliphatic carbocycles. The minimum Gasteiger partial charge on any atom is -0.508 e. The van der Waals surface area contributed by atoms with E-state index in [0.717, 1.165) is 36.5 Å². The highest BCUT2D eigenvalue weighted by molar-refractivity contribution is 5.55. The fourth-order valence-electron chi connectivity index (χ4n) is 5.63. The standard InChI is InChI=1S/C19H26O2/c1-5-6-11-9-13(20)15-14(10-11)21-19(4)8-7-12-16(19)17(15)18(12,2)3/h9-10,12,16-17,20H,5-8H2,1-4H3/t12-,16+,17+,19-/m0/s1. The van der Waals surface area contributed by atoms with E-state index in [1.165, 1.54) is 12.0 Å². The van der Waals surface area contributed by atoms with Gasteiger partial charge in [-0.3, -0.25) is 0 Å². The van der Waals surface area contributed by atoms with Crippen molar-refractivity contribution in [2.75, 3.05) is 0 Å². The SMILES string of the molecule is CCCc1cc(O)c2c(c1)O[C@@]1(C)CC[C@H]3[C@@H]1[C@@H]2C3(C)C. The molecule has 0 amide bonds. The first-order chi connectivity index (χ1) is 9.88. The van der Waals surface area contributed by atoms with E-state index >= 15 is 0 Å². The molecule has 3 aliphatic rings. The van der Waals surface area contributed by atoms with Crippen molar-refractivity contribution in [2.45, 2.75) is 64.9 Å². The summed E-state index contributed by atoms with van der Waals surface area (Å²) >= 11 is 0. The molecule has 0 spiro atoms. The van der Waals surface area contributed by atoms with Crippen LogP contribution in [-0.2, 0) is 6.42 Å². The lowest BCUT2D eigenvalue weighted by Crippen LogP contribution is -2.59. The van der Waals surface area contributed by atoms with Crippen LogP contribution in [0.25, 0.3) is 0 Å². The summed E-state index contributed by atoms with van der Waals surface area (Å²) in [5.41, 5.74) is 2.54. The van der Waals surface area contributed by atoms with Crippen LogP contribution in [0.5, 0.6) is 11.5 Å². The molecule has 21 heavy (non-hydrogen) atoms. The van der Waals surface area contributed by atoms with E-state index in [2.05, 4.69) is 33.8 Å². The Morgan fingerprint density at radius 1 is 1.29 bits per heavy atom. The molecular formula is C19H26O2. The van der Waals surface area contributed by atoms with Crippen LogP contribution in [0.15, 0.2) is 12.1 Å². The largest absolute Gasteiger partial charge is 0.508 e. The summed E-state index contributed by atoms with van der Waals surface area (Å²) < 4.78 is 6.45. The summed E-state index contributed by atoms with van der Waals surface area (Å²) in [4.78, 5) is 0. The van der Waals surface area contributed by atoms with E-state index in [1.807, 2.05) is 6.07 Å². The Kier molecular flexibility index (Phi) is 2.55. The van der Waals surface area contributed by atoms with Crippen LogP contribution in [-0.4, -0.2) is 10.7 Å². The quantitative estimate of drug-likeness (QED) is 0.857. The Hall–Kier alpha value is -1.18. The summed E-state index contributed by atoms with van der Waals surface area (Å²) in [6, 6.07) is 4.15. The zero-order chi connectivity index (χ0) is 15.0. The Morgan fingerprint density at radius 2 is 2.05 bits per heavy atom. The van der Waals surface area contributed by atoms with Crippen LogP contribution in [0.3, 0.4) is 0 Å². The molecule has 1 heterocycles. The van der Waals surface area contributed by atoms with Gasteiger partial charge in [0.2, 0.25) is 0 Å². The van der Waals surface area contributed by atoms with Crippen LogP contribution < -0.4 is 4.74 Å². The highest BCUT2D eigenvalue weighted by Gasteiger charge is 2.69. The second-order valence-electron chi connectivity index (χ2n) is 8.16. The molecule has 1 aliphatic heterocycles. The number of hydrogen-bond donors (Lipinski definition) is 1. The summed E-state index contributed by atoms with van der Waals surface area (Å²) in [6.07, 6.45) is 4.51. The Morgan fingerprint density at radius 3 is 2.76 bits per heavy atom. The molecule has 1 aromatic rings. The van der Waals surface area contributed by atoms with Gasteiger partial charge in [0, 0.05) is 17.4 Å². The van der Waals surface area contributed by atoms with E-state index < -0.39 is 0 Å². The number of aromatic hydroxyl groups is 1. The first-order valence-electron chi connectivity index (χ1n) is 8.43. The maximum absolute atomic E-state index is 10.6. The van der Waals surface area contributed by atoms with Gasteiger partial charge in [-0.1, -0.05) is 27.2 Å². The number of fused-ring (bicyclic) bond motifs is 2. The molecule has 0 saturated heterocycles. The fraction of sp³-hybridized carbons (Fsp3) is 0.684. The van der Waals surface area contributed by atoms with Gasteiger partial charge in [-0.25, -0.2) is 0 Å². The summed E-state index contributed by atoms with van der Waals surface area (Å²) in [7, 11) is 0. The summed E-state index contributed by atoms with van der Waals surface area (Å²) in [5.74, 6) is 3.20. The average molecular weight is 286 g/mol. The highest BCUT2D eigenvalue weighted by Crippen LogP contribution is 2.74. The van der Waals surface area contributed by atoms with Gasteiger partial charge in [0.1, 0.15) is 17.1 Å². The van der Waals surface area contributed by atoms with Gasteiger partial charge < -0.3 is 9.84 Å². The van der Waals surface area contributed by atoms with Gasteiger partial charge in [0.05, 0.1) is 0 Å². The average Bonchev–Trinajstić information content (AvgIpc) is 2.72. The molecule has 2 saturated carbocycles. The molecule has 0 unspecified atom stereocenters. The van der Waals surface area contributed by atoms with E-state index in [1.54, 1.807) is 0 Å². The van der Waals surface area contributed by atoms with Crippen molar-refractivity contribution >= 4 is 0 Å². The van der Waals surface area contributed by atoms with Crippen molar-refractivity contribution < 1.29 is 9.84 Å². The predicted molar refractivity (Wildman–Crippen MR) is 83.9 cm³/mol. The molecule has 2 fully saturated rings. The molecule has 0 aromatic heterocycles. The fourth-order valence-corrected chi connectivity index (χ4v) is 5.63. The molecule has 4 rings (SSSR count). The van der Waals surface area contributed by atoms with Crippen LogP contribution in [0.4, 0.5) is 0 Å². The lowest BCUT2D eigenvalue weighted by molar-refractivity contribution is -0.121. The number of rotatable bonds is 2. The number of aryl methyl sites for hydroxylation is 1. The minimum absolute atomic E-state index is 0.0187. The molecule has 114 valence electrons. The number of benzene rings is 1. The van der Waals surface area contributed by atoms with Gasteiger partial charge in [-0.15, -0.1) is 0 Å². The van der Waals surface area contributed by atoms with Gasteiger partial charge in [0.25, 0.3) is 0 Å². The van der Waals surface area contributed by atoms with Crippen LogP contribution >= 0.6 is 0 Å². The number of ether oxygens (including phenoxy) is 1. The molecule has 1 aromatic carbocycles. The van der Waals surface area contributed by atoms with Gasteiger partial charge in [0.15, 0.2) is 0 Å². The van der Waals surface area contributed by atoms with Crippen LogP contribution in [0.2, 0.25) is 0 Å². The van der Waals surface area contributed by atoms with Gasteiger partial charge >= 0.3 is 0 Å². The Balaban J connectivity index is 1.86. The van der Waals surface area contributed by atoms with Crippen molar-refractivity contribution in [2.24, 2.45) is 17.3 Å². The van der Waals surface area contributed by atoms with Crippen molar-refractivity contribution in [3.63, 3.8) is 0 Å². The smallest absolute Gasteiger partial charge is 0.127 e. The van der Waals surface area contributed by atoms with Crippen molar-refractivity contribution in [3.05, 3.63) is 23.3 Å². The second-order valence-corrected chi connectivity index (χ2v) is 8.16. The Bertz CT molecular complexity index is 604. The zero-order valence-electron chi connectivity index (χ0n) is 13.6. The third-order valence-electron chi connectivity index (χ3n) is 6.58. The maximum atomic E-state index is 10.6. The first kappa shape index (κ1) is 13.5. The van der Waals surface area contributed by atoms with Crippen LogP contribution in [0, 0.1) is 17.3 Å². The zero-order valence-corrected chi connectivity index (χ0v) is 13.6. The molecule has 4 atom stereocenters. The van der Waals surface area contributed by atoms with Crippen molar-refractivity contribution in [1.29, 1.82) is 0 Å².